The van der Waals surface area contributed by atoms with Crippen LogP contribution in [0, 0.1) is 15.2 Å². The second kappa shape index (κ2) is 10.2. The van der Waals surface area contributed by atoms with Gasteiger partial charge in [-0.05, 0) is 53.8 Å². The molecule has 0 amide bonds. The fourth-order valence-corrected chi connectivity index (χ4v) is 2.83. The first-order valence-electron chi connectivity index (χ1n) is 8.24. The van der Waals surface area contributed by atoms with Gasteiger partial charge in [0.25, 0.3) is 0 Å². The molecule has 2 rings (SSSR count). The van der Waals surface area contributed by atoms with Gasteiger partial charge in [-0.25, -0.2) is 13.6 Å². The number of nitrogens with zero attached hydrogens (tertiary/aromatic N) is 1. The van der Waals surface area contributed by atoms with E-state index >= 15 is 0 Å². The van der Waals surface area contributed by atoms with Crippen LogP contribution in [0.1, 0.15) is 29.1 Å². The van der Waals surface area contributed by atoms with Crippen LogP contribution in [0.25, 0.3) is 0 Å². The van der Waals surface area contributed by atoms with Gasteiger partial charge in [0.05, 0.1) is 17.9 Å². The molecule has 0 aliphatic rings. The summed E-state index contributed by atoms with van der Waals surface area (Å²) in [4.78, 5) is 28.8. The smallest absolute Gasteiger partial charge is 0.343 e. The summed E-state index contributed by atoms with van der Waals surface area (Å²) < 4.78 is 32.8. The zero-order valence-electron chi connectivity index (χ0n) is 14.8. The van der Waals surface area contributed by atoms with Crippen molar-refractivity contribution in [3.05, 3.63) is 74.8 Å². The molecule has 6 nitrogen and oxygen atoms in total. The summed E-state index contributed by atoms with van der Waals surface area (Å²) >= 11 is 1.73. The topological polar surface area (TPSA) is 88.5 Å². The lowest BCUT2D eigenvalue weighted by atomic mass is 10.0. The Morgan fingerprint density at radius 2 is 2.11 bits per heavy atom. The van der Waals surface area contributed by atoms with Crippen LogP contribution in [0.5, 0.6) is 0 Å². The van der Waals surface area contributed by atoms with E-state index < -0.39 is 40.6 Å². The number of hydrogen-bond acceptors (Lipinski definition) is 6. The summed E-state index contributed by atoms with van der Waals surface area (Å²) in [5, 5.41) is 12.7. The molecule has 0 saturated heterocycles. The number of ketones is 1. The van der Waals surface area contributed by atoms with Crippen molar-refractivity contribution in [3.8, 4) is 0 Å². The van der Waals surface area contributed by atoms with Gasteiger partial charge in [0.1, 0.15) is 11.7 Å². The monoisotopic (exact) mass is 502 g/mol. The summed E-state index contributed by atoms with van der Waals surface area (Å²) in [5.74, 6) is -4.58. The molecule has 148 valence electrons. The first kappa shape index (κ1) is 21.9. The highest BCUT2D eigenvalue weighted by Crippen LogP contribution is 2.20. The predicted octanol–water partition coefficient (Wildman–Crippen LogP) is 2.92. The van der Waals surface area contributed by atoms with E-state index in [1.54, 1.807) is 47.7 Å². The Hall–Kier alpha value is -2.40. The van der Waals surface area contributed by atoms with Crippen molar-refractivity contribution in [2.45, 2.75) is 13.0 Å². The molecule has 9 heteroatoms. The maximum Gasteiger partial charge on any atom is 0.343 e. The molecular weight excluding hydrogens is 485 g/mol. The number of nitrogens with one attached hydrogen (secondary N) is 1. The Balaban J connectivity index is 2.25. The Bertz CT molecular complexity index is 891. The van der Waals surface area contributed by atoms with Crippen LogP contribution in [-0.4, -0.2) is 35.0 Å². The number of hydrogen-bond donors (Lipinski definition) is 2. The number of aliphatic hydroxyl groups excluding tert-OH is 1. The van der Waals surface area contributed by atoms with Crippen LogP contribution >= 0.6 is 22.6 Å². The largest absolute Gasteiger partial charge is 0.462 e. The van der Waals surface area contributed by atoms with Gasteiger partial charge in [-0.15, -0.1) is 0 Å². The zero-order valence-corrected chi connectivity index (χ0v) is 16.9. The molecule has 1 unspecified atom stereocenters. The number of rotatable bonds is 8. The molecule has 1 atom stereocenters. The lowest BCUT2D eigenvalue weighted by Crippen LogP contribution is -2.23. The number of aliphatic hydroxyl groups is 1. The van der Waals surface area contributed by atoms with Crippen LogP contribution in [-0.2, 0) is 9.53 Å². The molecule has 0 saturated carbocycles. The van der Waals surface area contributed by atoms with E-state index in [4.69, 9.17) is 4.74 Å². The van der Waals surface area contributed by atoms with Crippen molar-refractivity contribution in [1.29, 1.82) is 0 Å². The van der Waals surface area contributed by atoms with Gasteiger partial charge in [0, 0.05) is 22.5 Å². The van der Waals surface area contributed by atoms with E-state index in [2.05, 4.69) is 10.3 Å². The van der Waals surface area contributed by atoms with Gasteiger partial charge in [0.15, 0.2) is 11.6 Å². The SMILES string of the molecule is CCOC(=O)/C(=C\NCC(O)c1ccccn1)C(=O)c1cc(I)cc(F)c1F. The minimum Gasteiger partial charge on any atom is -0.462 e. The molecule has 0 spiro atoms. The first-order chi connectivity index (χ1) is 13.3. The zero-order chi connectivity index (χ0) is 20.7. The number of carbonyl (C=O) groups excluding carboxylic acids is 2. The number of ether oxygens (including phenoxy) is 1. The number of carbonyl (C=O) groups is 2. The summed E-state index contributed by atoms with van der Waals surface area (Å²) in [6.07, 6.45) is 1.52. The Morgan fingerprint density at radius 3 is 2.75 bits per heavy atom. The molecule has 28 heavy (non-hydrogen) atoms. The van der Waals surface area contributed by atoms with Gasteiger partial charge in [-0.3, -0.25) is 9.78 Å². The number of esters is 1. The van der Waals surface area contributed by atoms with Crippen molar-refractivity contribution in [2.75, 3.05) is 13.2 Å². The summed E-state index contributed by atoms with van der Waals surface area (Å²) in [6.45, 7) is 1.46. The maximum absolute atomic E-state index is 14.1. The Kier molecular flexibility index (Phi) is 8.00. The molecule has 0 fully saturated rings. The van der Waals surface area contributed by atoms with E-state index in [-0.39, 0.29) is 13.2 Å². The minimum absolute atomic E-state index is 0.0107. The van der Waals surface area contributed by atoms with Crippen LogP contribution in [0.15, 0.2) is 48.3 Å². The fraction of sp³-hybridized carbons (Fsp3) is 0.211. The van der Waals surface area contributed by atoms with Crippen molar-refractivity contribution >= 4 is 34.3 Å². The van der Waals surface area contributed by atoms with E-state index in [0.29, 0.717) is 9.26 Å². The van der Waals surface area contributed by atoms with Crippen molar-refractivity contribution in [2.24, 2.45) is 0 Å². The van der Waals surface area contributed by atoms with Gasteiger partial charge < -0.3 is 15.2 Å². The third-order valence-corrected chi connectivity index (χ3v) is 4.19. The number of Topliss-reactive ketones (excluding diaryl/α,β-unsaturated/α-hetero) is 1. The van der Waals surface area contributed by atoms with Crippen LogP contribution in [0.3, 0.4) is 0 Å². The quantitative estimate of drug-likeness (QED) is 0.110. The van der Waals surface area contributed by atoms with E-state index in [1.165, 1.54) is 6.20 Å². The van der Waals surface area contributed by atoms with Crippen LogP contribution in [0.2, 0.25) is 0 Å². The van der Waals surface area contributed by atoms with E-state index in [1.807, 2.05) is 0 Å². The second-order valence-corrected chi connectivity index (χ2v) is 6.78. The molecular formula is C19H17F2IN2O4. The second-order valence-electron chi connectivity index (χ2n) is 5.54. The molecule has 0 bridgehead atoms. The average molecular weight is 502 g/mol. The van der Waals surface area contributed by atoms with Gasteiger partial charge >= 0.3 is 5.97 Å². The van der Waals surface area contributed by atoms with Crippen LogP contribution < -0.4 is 5.32 Å². The normalized spacial score (nSPS) is 12.4. The molecule has 1 heterocycles. The summed E-state index contributed by atoms with van der Waals surface area (Å²) in [5.41, 5.74) is -0.718. The fourth-order valence-electron chi connectivity index (χ4n) is 2.24. The molecule has 2 aromatic rings. The van der Waals surface area contributed by atoms with Gasteiger partial charge in [-0.1, -0.05) is 6.07 Å². The van der Waals surface area contributed by atoms with Crippen molar-refractivity contribution in [3.63, 3.8) is 0 Å². The van der Waals surface area contributed by atoms with Crippen LogP contribution in [0.4, 0.5) is 8.78 Å². The van der Waals surface area contributed by atoms with Crippen molar-refractivity contribution < 1.29 is 28.2 Å². The highest BCUT2D eigenvalue weighted by atomic mass is 127. The molecule has 1 aromatic heterocycles. The Morgan fingerprint density at radius 1 is 1.36 bits per heavy atom. The molecule has 0 radical (unpaired) electrons. The maximum atomic E-state index is 14.1. The first-order valence-corrected chi connectivity index (χ1v) is 9.32. The summed E-state index contributed by atoms with van der Waals surface area (Å²) in [6, 6.07) is 7.07. The lowest BCUT2D eigenvalue weighted by Gasteiger charge is -2.12. The molecule has 2 N–H and O–H groups in total. The minimum atomic E-state index is -1.35. The molecule has 0 aliphatic carbocycles. The number of aromatic nitrogens is 1. The summed E-state index contributed by atoms with van der Waals surface area (Å²) in [7, 11) is 0. The highest BCUT2D eigenvalue weighted by molar-refractivity contribution is 14.1. The lowest BCUT2D eigenvalue weighted by molar-refractivity contribution is -0.138. The predicted molar refractivity (Wildman–Crippen MR) is 105 cm³/mol. The number of benzene rings is 1. The van der Waals surface area contributed by atoms with Crippen molar-refractivity contribution in [1.82, 2.24) is 10.3 Å². The average Bonchev–Trinajstić information content (AvgIpc) is 2.68. The highest BCUT2D eigenvalue weighted by Gasteiger charge is 2.26. The van der Waals surface area contributed by atoms with Gasteiger partial charge in [0.2, 0.25) is 5.78 Å². The third-order valence-electron chi connectivity index (χ3n) is 3.56. The molecule has 1 aromatic carbocycles. The van der Waals surface area contributed by atoms with E-state index in [9.17, 15) is 23.5 Å². The Labute approximate surface area is 173 Å². The van der Waals surface area contributed by atoms with Gasteiger partial charge in [-0.2, -0.15) is 0 Å². The number of halogens is 3. The third kappa shape index (κ3) is 5.55. The standard InChI is InChI=1S/C19H17F2IN2O4/c1-2-28-19(27)13(9-23-10-16(25)15-5-3-4-6-24-15)18(26)12-7-11(22)8-14(20)17(12)21/h3-9,16,23,25H,2,10H2,1H3/b13-9-. The number of pyridine rings is 1. The van der Waals surface area contributed by atoms with E-state index in [0.717, 1.165) is 18.3 Å². The molecule has 0 aliphatic heterocycles.